The Bertz CT molecular complexity index is 659. The summed E-state index contributed by atoms with van der Waals surface area (Å²) in [5, 5.41) is 0. The number of likely N-dealkylation sites (tertiary alicyclic amines) is 1. The average Bonchev–Trinajstić information content (AvgIpc) is 2.54. The van der Waals surface area contributed by atoms with Crippen LogP contribution in [0.25, 0.3) is 0 Å². The summed E-state index contributed by atoms with van der Waals surface area (Å²) in [6, 6.07) is 3.15. The number of hydrogen-bond donors (Lipinski definition) is 1. The monoisotopic (exact) mass is 356 g/mol. The van der Waals surface area contributed by atoms with Gasteiger partial charge in [0.05, 0.1) is 14.2 Å². The average molecular weight is 356 g/mol. The van der Waals surface area contributed by atoms with E-state index >= 15 is 0 Å². The number of piperidine rings is 1. The minimum Gasteiger partial charge on any atom is -0.496 e. The molecule has 0 aromatic heterocycles. The van der Waals surface area contributed by atoms with Crippen molar-refractivity contribution < 1.29 is 17.9 Å². The van der Waals surface area contributed by atoms with Crippen molar-refractivity contribution in [3.05, 3.63) is 17.7 Å². The van der Waals surface area contributed by atoms with E-state index in [0.29, 0.717) is 11.5 Å². The first-order chi connectivity index (χ1) is 11.4. The first-order valence-corrected chi connectivity index (χ1v) is 9.87. The highest BCUT2D eigenvalue weighted by Crippen LogP contribution is 2.31. The van der Waals surface area contributed by atoms with Gasteiger partial charge in [-0.1, -0.05) is 6.92 Å². The summed E-state index contributed by atoms with van der Waals surface area (Å²) in [6.07, 6.45) is 2.93. The maximum atomic E-state index is 12.9. The first kappa shape index (κ1) is 19.0. The van der Waals surface area contributed by atoms with Crippen LogP contribution in [0.2, 0.25) is 0 Å². The number of rotatable bonds is 7. The Morgan fingerprint density at radius 1 is 1.25 bits per heavy atom. The predicted octanol–water partition coefficient (Wildman–Crippen LogP) is 2.16. The van der Waals surface area contributed by atoms with E-state index in [1.807, 2.05) is 6.92 Å². The van der Waals surface area contributed by atoms with Gasteiger partial charge in [0, 0.05) is 18.7 Å². The Labute approximate surface area is 145 Å². The third kappa shape index (κ3) is 4.40. The van der Waals surface area contributed by atoms with Gasteiger partial charge in [0.2, 0.25) is 10.0 Å². The van der Waals surface area contributed by atoms with Gasteiger partial charge >= 0.3 is 0 Å². The van der Waals surface area contributed by atoms with Gasteiger partial charge in [-0.2, -0.15) is 0 Å². The van der Waals surface area contributed by atoms with Crippen LogP contribution in [0.3, 0.4) is 0 Å². The summed E-state index contributed by atoms with van der Waals surface area (Å²) in [7, 11) is -0.666. The lowest BCUT2D eigenvalue weighted by Crippen LogP contribution is -2.47. The summed E-state index contributed by atoms with van der Waals surface area (Å²) in [6.45, 7) is 6.78. The fourth-order valence-electron chi connectivity index (χ4n) is 3.19. The van der Waals surface area contributed by atoms with Crippen LogP contribution in [-0.2, 0) is 10.0 Å². The van der Waals surface area contributed by atoms with Crippen molar-refractivity contribution in [3.63, 3.8) is 0 Å². The SMILES string of the molecule is CCCN1CCC[C@H](NS(=O)(=O)c2cc(OC)c(C)cc2OC)C1. The highest BCUT2D eigenvalue weighted by molar-refractivity contribution is 7.89. The van der Waals surface area contributed by atoms with Gasteiger partial charge < -0.3 is 14.4 Å². The van der Waals surface area contributed by atoms with E-state index in [4.69, 9.17) is 9.47 Å². The van der Waals surface area contributed by atoms with Crippen molar-refractivity contribution in [1.29, 1.82) is 0 Å². The lowest BCUT2D eigenvalue weighted by molar-refractivity contribution is 0.202. The molecule has 1 aromatic rings. The molecule has 136 valence electrons. The van der Waals surface area contributed by atoms with E-state index in [1.165, 1.54) is 20.3 Å². The molecule has 24 heavy (non-hydrogen) atoms. The second-order valence-electron chi connectivity index (χ2n) is 6.23. The molecular weight excluding hydrogens is 328 g/mol. The Balaban J connectivity index is 2.23. The number of ether oxygens (including phenoxy) is 2. The van der Waals surface area contributed by atoms with Gasteiger partial charge in [0.25, 0.3) is 0 Å². The number of hydrogen-bond acceptors (Lipinski definition) is 5. The van der Waals surface area contributed by atoms with Crippen LogP contribution in [0.5, 0.6) is 11.5 Å². The lowest BCUT2D eigenvalue weighted by atomic mass is 10.1. The number of aryl methyl sites for hydroxylation is 1. The molecule has 0 radical (unpaired) electrons. The number of methoxy groups -OCH3 is 2. The molecule has 1 aliphatic rings. The molecule has 0 amide bonds. The van der Waals surface area contributed by atoms with Gasteiger partial charge in [-0.05, 0) is 50.9 Å². The maximum Gasteiger partial charge on any atom is 0.244 e. The molecule has 0 unspecified atom stereocenters. The molecule has 0 aliphatic carbocycles. The molecule has 1 fully saturated rings. The van der Waals surface area contributed by atoms with E-state index in [-0.39, 0.29) is 10.9 Å². The zero-order chi connectivity index (χ0) is 17.7. The number of benzene rings is 1. The summed E-state index contributed by atoms with van der Waals surface area (Å²) >= 11 is 0. The van der Waals surface area contributed by atoms with Gasteiger partial charge in [-0.15, -0.1) is 0 Å². The minimum absolute atomic E-state index is 0.0766. The van der Waals surface area contributed by atoms with Gasteiger partial charge in [-0.25, -0.2) is 13.1 Å². The smallest absolute Gasteiger partial charge is 0.244 e. The number of nitrogens with one attached hydrogen (secondary N) is 1. The minimum atomic E-state index is -3.67. The lowest BCUT2D eigenvalue weighted by Gasteiger charge is -2.32. The zero-order valence-corrected chi connectivity index (χ0v) is 15.8. The second kappa shape index (κ2) is 8.18. The molecule has 1 aliphatic heterocycles. The molecule has 1 N–H and O–H groups in total. The zero-order valence-electron chi connectivity index (χ0n) is 15.0. The fourth-order valence-corrected chi connectivity index (χ4v) is 4.61. The first-order valence-electron chi connectivity index (χ1n) is 8.38. The van der Waals surface area contributed by atoms with Gasteiger partial charge in [-0.3, -0.25) is 0 Å². The number of nitrogens with zero attached hydrogens (tertiary/aromatic N) is 1. The Kier molecular flexibility index (Phi) is 6.48. The van der Waals surface area contributed by atoms with Crippen LogP contribution in [-0.4, -0.2) is 53.2 Å². The van der Waals surface area contributed by atoms with Crippen LogP contribution in [0.1, 0.15) is 31.7 Å². The van der Waals surface area contributed by atoms with Crippen molar-refractivity contribution in [2.45, 2.75) is 44.0 Å². The van der Waals surface area contributed by atoms with Crippen molar-refractivity contribution in [1.82, 2.24) is 9.62 Å². The summed E-state index contributed by atoms with van der Waals surface area (Å²) < 4.78 is 39.1. The molecule has 1 heterocycles. The maximum absolute atomic E-state index is 12.9. The van der Waals surface area contributed by atoms with Crippen molar-refractivity contribution in [2.75, 3.05) is 33.9 Å². The highest BCUT2D eigenvalue weighted by atomic mass is 32.2. The molecule has 1 saturated heterocycles. The Hall–Kier alpha value is -1.31. The third-order valence-electron chi connectivity index (χ3n) is 4.34. The molecule has 2 rings (SSSR count). The van der Waals surface area contributed by atoms with Crippen LogP contribution >= 0.6 is 0 Å². The van der Waals surface area contributed by atoms with Gasteiger partial charge in [0.15, 0.2) is 0 Å². The van der Waals surface area contributed by atoms with Crippen molar-refractivity contribution in [2.24, 2.45) is 0 Å². The molecule has 1 aromatic carbocycles. The standard InChI is InChI=1S/C17H28N2O4S/c1-5-8-19-9-6-7-14(12-19)18-24(20,21)17-11-15(22-3)13(2)10-16(17)23-4/h10-11,14,18H,5-9,12H2,1-4H3/t14-/m0/s1. The van der Waals surface area contributed by atoms with Crippen LogP contribution in [0.15, 0.2) is 17.0 Å². The van der Waals surface area contributed by atoms with Crippen molar-refractivity contribution >= 4 is 10.0 Å². The second-order valence-corrected chi connectivity index (χ2v) is 7.92. The molecule has 0 spiro atoms. The summed E-state index contributed by atoms with van der Waals surface area (Å²) in [4.78, 5) is 2.43. The van der Waals surface area contributed by atoms with E-state index in [2.05, 4.69) is 16.5 Å². The normalized spacial score (nSPS) is 19.2. The molecule has 1 atom stereocenters. The molecule has 6 nitrogen and oxygen atoms in total. The predicted molar refractivity (Wildman–Crippen MR) is 94.4 cm³/mol. The fraction of sp³-hybridized carbons (Fsp3) is 0.647. The molecule has 7 heteroatoms. The van der Waals surface area contributed by atoms with E-state index < -0.39 is 10.0 Å². The third-order valence-corrected chi connectivity index (χ3v) is 5.88. The largest absolute Gasteiger partial charge is 0.496 e. The van der Waals surface area contributed by atoms with Crippen LogP contribution < -0.4 is 14.2 Å². The van der Waals surface area contributed by atoms with E-state index in [9.17, 15) is 8.42 Å². The summed E-state index contributed by atoms with van der Waals surface area (Å²) in [5.41, 5.74) is 0.833. The van der Waals surface area contributed by atoms with Crippen molar-refractivity contribution in [3.8, 4) is 11.5 Å². The Morgan fingerprint density at radius 3 is 2.58 bits per heavy atom. The molecule has 0 bridgehead atoms. The summed E-state index contributed by atoms with van der Waals surface area (Å²) in [5.74, 6) is 0.870. The van der Waals surface area contributed by atoms with E-state index in [1.54, 1.807) is 6.07 Å². The highest BCUT2D eigenvalue weighted by Gasteiger charge is 2.28. The molecular formula is C17H28N2O4S. The molecule has 0 saturated carbocycles. The van der Waals surface area contributed by atoms with Gasteiger partial charge in [0.1, 0.15) is 16.4 Å². The number of sulfonamides is 1. The van der Waals surface area contributed by atoms with Crippen LogP contribution in [0, 0.1) is 6.92 Å². The quantitative estimate of drug-likeness (QED) is 0.811. The van der Waals surface area contributed by atoms with E-state index in [0.717, 1.165) is 44.5 Å². The Morgan fingerprint density at radius 2 is 1.96 bits per heavy atom. The topological polar surface area (TPSA) is 67.9 Å². The van der Waals surface area contributed by atoms with Crippen LogP contribution in [0.4, 0.5) is 0 Å².